The molecule has 1 aromatic carbocycles. The maximum absolute atomic E-state index is 13.2. The molecule has 0 unspecified atom stereocenters. The van der Waals surface area contributed by atoms with Crippen molar-refractivity contribution in [2.75, 3.05) is 0 Å². The Morgan fingerprint density at radius 1 is 1.23 bits per heavy atom. The molecule has 0 atom stereocenters. The average Bonchev–Trinajstić information content (AvgIpc) is 1.96. The van der Waals surface area contributed by atoms with Gasteiger partial charge in [0.2, 0.25) is 0 Å². The molecule has 4 heteroatoms. The van der Waals surface area contributed by atoms with Gasteiger partial charge in [0.25, 0.3) is 0 Å². The van der Waals surface area contributed by atoms with E-state index in [-0.39, 0.29) is 10.1 Å². The third-order valence-corrected chi connectivity index (χ3v) is 2.59. The van der Waals surface area contributed by atoms with Crippen LogP contribution in [0.4, 0.5) is 8.78 Å². The van der Waals surface area contributed by atoms with Gasteiger partial charge in [-0.25, -0.2) is 8.78 Å². The van der Waals surface area contributed by atoms with Crippen molar-refractivity contribution in [3.05, 3.63) is 23.8 Å². The fourth-order valence-electron chi connectivity index (χ4n) is 1.03. The number of rotatable bonds is 2. The van der Waals surface area contributed by atoms with Crippen molar-refractivity contribution >= 4 is 25.1 Å². The number of hydrogen-bond acceptors (Lipinski definition) is 1. The quantitative estimate of drug-likeness (QED) is 0.517. The molecule has 0 aromatic heterocycles. The summed E-state index contributed by atoms with van der Waals surface area (Å²) in [7, 11) is 1.68. The highest BCUT2D eigenvalue weighted by atomic mass is 32.2. The van der Waals surface area contributed by atoms with E-state index in [1.54, 1.807) is 7.85 Å². The van der Waals surface area contributed by atoms with E-state index in [0.29, 0.717) is 5.46 Å². The van der Waals surface area contributed by atoms with Crippen LogP contribution < -0.4 is 5.46 Å². The number of thioether (sulfide) groups is 1. The van der Waals surface area contributed by atoms with Crippen molar-refractivity contribution < 1.29 is 8.78 Å². The summed E-state index contributed by atoms with van der Waals surface area (Å²) in [6.07, 6.45) is 0. The normalized spacial score (nSPS) is 10.8. The smallest absolute Gasteiger partial charge is 0.139 e. The molecule has 0 bridgehead atoms. The van der Waals surface area contributed by atoms with Crippen LogP contribution in [0.3, 0.4) is 0 Å². The third-order valence-electron chi connectivity index (χ3n) is 1.50. The number of benzene rings is 1. The molecular weight excluding hydrogens is 189 g/mol. The van der Waals surface area contributed by atoms with Gasteiger partial charge in [0.1, 0.15) is 19.5 Å². The molecule has 1 rings (SSSR count). The molecule has 0 saturated carbocycles. The molecule has 0 aliphatic heterocycles. The van der Waals surface area contributed by atoms with Gasteiger partial charge >= 0.3 is 0 Å². The summed E-state index contributed by atoms with van der Waals surface area (Å²) in [5.41, 5.74) is 0.614. The van der Waals surface area contributed by atoms with E-state index in [1.807, 2.05) is 13.8 Å². The van der Waals surface area contributed by atoms with Gasteiger partial charge in [0.05, 0.1) is 4.90 Å². The first-order valence-corrected chi connectivity index (χ1v) is 5.01. The topological polar surface area (TPSA) is 0 Å². The summed E-state index contributed by atoms with van der Waals surface area (Å²) in [5.74, 6) is -0.924. The fourth-order valence-corrected chi connectivity index (χ4v) is 1.85. The number of halogens is 2. The van der Waals surface area contributed by atoms with Crippen LogP contribution in [0.15, 0.2) is 17.0 Å². The van der Waals surface area contributed by atoms with Crippen LogP contribution in [-0.4, -0.2) is 13.1 Å². The first kappa shape index (κ1) is 10.6. The Labute approximate surface area is 82.1 Å². The molecule has 0 fully saturated rings. The predicted molar refractivity (Wildman–Crippen MR) is 55.5 cm³/mol. The van der Waals surface area contributed by atoms with E-state index in [4.69, 9.17) is 0 Å². The molecule has 0 spiro atoms. The van der Waals surface area contributed by atoms with Crippen molar-refractivity contribution in [1.29, 1.82) is 0 Å². The Balaban J connectivity index is 3.06. The minimum absolute atomic E-state index is 0.126. The lowest BCUT2D eigenvalue weighted by atomic mass is 9.96. The van der Waals surface area contributed by atoms with Crippen LogP contribution in [0.5, 0.6) is 0 Å². The van der Waals surface area contributed by atoms with Crippen molar-refractivity contribution in [1.82, 2.24) is 0 Å². The Morgan fingerprint density at radius 3 is 2.08 bits per heavy atom. The SMILES string of the molecule is Bc1cc(F)c(SC(C)C)c(F)c1. The maximum atomic E-state index is 13.2. The fraction of sp³-hybridized carbons (Fsp3) is 0.333. The van der Waals surface area contributed by atoms with Gasteiger partial charge in [-0.2, -0.15) is 0 Å². The zero-order chi connectivity index (χ0) is 10.0. The Bertz CT molecular complexity index is 289. The van der Waals surface area contributed by atoms with E-state index in [9.17, 15) is 8.78 Å². The van der Waals surface area contributed by atoms with Crippen molar-refractivity contribution in [3.8, 4) is 0 Å². The van der Waals surface area contributed by atoms with E-state index >= 15 is 0 Å². The second-order valence-corrected chi connectivity index (χ2v) is 4.81. The van der Waals surface area contributed by atoms with Gasteiger partial charge in [0.15, 0.2) is 0 Å². The zero-order valence-corrected chi connectivity index (χ0v) is 8.71. The summed E-state index contributed by atoms with van der Waals surface area (Å²) >= 11 is 1.21. The Kier molecular flexibility index (Phi) is 3.36. The van der Waals surface area contributed by atoms with Crippen molar-refractivity contribution in [2.24, 2.45) is 0 Å². The van der Waals surface area contributed by atoms with E-state index in [2.05, 4.69) is 0 Å². The highest BCUT2D eigenvalue weighted by Crippen LogP contribution is 2.27. The molecule has 0 amide bonds. The Morgan fingerprint density at radius 2 is 1.69 bits per heavy atom. The van der Waals surface area contributed by atoms with Crippen LogP contribution >= 0.6 is 11.8 Å². The van der Waals surface area contributed by atoms with Crippen LogP contribution in [0, 0.1) is 11.6 Å². The average molecular weight is 200 g/mol. The van der Waals surface area contributed by atoms with Crippen LogP contribution in [0.2, 0.25) is 0 Å². The third kappa shape index (κ3) is 2.73. The second-order valence-electron chi connectivity index (χ2n) is 3.22. The van der Waals surface area contributed by atoms with Gasteiger partial charge in [-0.15, -0.1) is 11.8 Å². The highest BCUT2D eigenvalue weighted by Gasteiger charge is 2.11. The molecule has 70 valence electrons. The molecule has 0 saturated heterocycles. The van der Waals surface area contributed by atoms with Gasteiger partial charge in [-0.1, -0.05) is 19.3 Å². The van der Waals surface area contributed by atoms with Crippen LogP contribution in [-0.2, 0) is 0 Å². The first-order valence-electron chi connectivity index (χ1n) is 4.13. The summed E-state index contributed by atoms with van der Waals surface area (Å²) in [4.78, 5) is 0.126. The van der Waals surface area contributed by atoms with Gasteiger partial charge in [-0.05, 0) is 12.1 Å². The minimum atomic E-state index is -0.462. The monoisotopic (exact) mass is 200 g/mol. The van der Waals surface area contributed by atoms with E-state index in [0.717, 1.165) is 0 Å². The summed E-state index contributed by atoms with van der Waals surface area (Å²) < 4.78 is 26.4. The molecule has 0 aliphatic rings. The molecule has 0 nitrogen and oxygen atoms in total. The highest BCUT2D eigenvalue weighted by molar-refractivity contribution is 7.99. The molecule has 0 N–H and O–H groups in total. The van der Waals surface area contributed by atoms with Crippen molar-refractivity contribution in [3.63, 3.8) is 0 Å². The molecule has 0 radical (unpaired) electrons. The molecule has 0 aliphatic carbocycles. The number of hydrogen-bond donors (Lipinski definition) is 0. The first-order chi connectivity index (χ1) is 6.00. The summed E-state index contributed by atoms with van der Waals surface area (Å²) in [6.45, 7) is 3.81. The lowest BCUT2D eigenvalue weighted by Gasteiger charge is -2.07. The van der Waals surface area contributed by atoms with Gasteiger partial charge < -0.3 is 0 Å². The van der Waals surface area contributed by atoms with Crippen molar-refractivity contribution in [2.45, 2.75) is 24.0 Å². The van der Waals surface area contributed by atoms with E-state index < -0.39 is 11.6 Å². The van der Waals surface area contributed by atoms with Crippen LogP contribution in [0.25, 0.3) is 0 Å². The minimum Gasteiger partial charge on any atom is -0.206 e. The largest absolute Gasteiger partial charge is 0.206 e. The standard InChI is InChI=1S/C9H11BF2S/c1-5(2)13-9-7(11)3-6(10)4-8(9)12/h3-5H,10H2,1-2H3. The molecule has 1 aromatic rings. The summed E-state index contributed by atoms with van der Waals surface area (Å²) in [6, 6.07) is 2.71. The lowest BCUT2D eigenvalue weighted by molar-refractivity contribution is 0.542. The van der Waals surface area contributed by atoms with Gasteiger partial charge in [0, 0.05) is 5.25 Å². The van der Waals surface area contributed by atoms with Crippen LogP contribution in [0.1, 0.15) is 13.8 Å². The Hall–Kier alpha value is -0.505. The molecule has 13 heavy (non-hydrogen) atoms. The molecular formula is C9H11BF2S. The molecule has 0 heterocycles. The second kappa shape index (κ2) is 4.14. The zero-order valence-electron chi connectivity index (χ0n) is 7.90. The van der Waals surface area contributed by atoms with E-state index in [1.165, 1.54) is 23.9 Å². The lowest BCUT2D eigenvalue weighted by Crippen LogP contribution is -2.06. The predicted octanol–water partition coefficient (Wildman–Crippen LogP) is 1.72. The van der Waals surface area contributed by atoms with Gasteiger partial charge in [-0.3, -0.25) is 0 Å². The summed E-state index contributed by atoms with van der Waals surface area (Å²) in [5, 5.41) is 0.187. The maximum Gasteiger partial charge on any atom is 0.139 e.